The molecular weight excluding hydrogens is 427 g/mol. The number of benzene rings is 1. The van der Waals surface area contributed by atoms with Gasteiger partial charge in [0.05, 0.1) is 11.4 Å². The molecule has 0 radical (unpaired) electrons. The third kappa shape index (κ3) is 4.65. The molecular formula is C16H20F2IN5. The number of hydrogen-bond donors (Lipinski definition) is 2. The molecule has 2 heterocycles. The van der Waals surface area contributed by atoms with Gasteiger partial charge in [0.25, 0.3) is 0 Å². The van der Waals surface area contributed by atoms with Crippen molar-refractivity contribution in [1.29, 1.82) is 0 Å². The molecule has 24 heavy (non-hydrogen) atoms. The van der Waals surface area contributed by atoms with E-state index in [1.54, 1.807) is 0 Å². The van der Waals surface area contributed by atoms with Crippen LogP contribution in [0.1, 0.15) is 24.4 Å². The van der Waals surface area contributed by atoms with E-state index in [2.05, 4.69) is 26.1 Å². The van der Waals surface area contributed by atoms with Gasteiger partial charge >= 0.3 is 0 Å². The molecule has 1 aliphatic heterocycles. The lowest BCUT2D eigenvalue weighted by Crippen LogP contribution is -2.23. The highest BCUT2D eigenvalue weighted by molar-refractivity contribution is 14.0. The van der Waals surface area contributed by atoms with Crippen LogP contribution in [0.3, 0.4) is 0 Å². The number of halogens is 3. The van der Waals surface area contributed by atoms with E-state index in [9.17, 15) is 8.78 Å². The zero-order valence-corrected chi connectivity index (χ0v) is 15.5. The minimum absolute atomic E-state index is 0. The van der Waals surface area contributed by atoms with Crippen molar-refractivity contribution >= 4 is 35.6 Å². The van der Waals surface area contributed by atoms with E-state index in [0.29, 0.717) is 13.0 Å². The van der Waals surface area contributed by atoms with Gasteiger partial charge in [-0.05, 0) is 25.0 Å². The number of aryl methyl sites for hydroxylation is 2. The van der Waals surface area contributed by atoms with E-state index >= 15 is 0 Å². The maximum absolute atomic E-state index is 13.5. The van der Waals surface area contributed by atoms with Gasteiger partial charge in [0.15, 0.2) is 5.96 Å². The van der Waals surface area contributed by atoms with Crippen LogP contribution >= 0.6 is 24.0 Å². The molecule has 3 N–H and O–H groups in total. The van der Waals surface area contributed by atoms with Crippen LogP contribution in [0.4, 0.5) is 14.5 Å². The first-order valence-corrected chi connectivity index (χ1v) is 7.69. The van der Waals surface area contributed by atoms with Crippen LogP contribution < -0.4 is 11.1 Å². The maximum atomic E-state index is 13.5. The van der Waals surface area contributed by atoms with Crippen molar-refractivity contribution in [3.05, 3.63) is 47.5 Å². The van der Waals surface area contributed by atoms with E-state index < -0.39 is 11.6 Å². The summed E-state index contributed by atoms with van der Waals surface area (Å²) in [7, 11) is 0. The predicted octanol–water partition coefficient (Wildman–Crippen LogP) is 3.08. The zero-order chi connectivity index (χ0) is 16.2. The summed E-state index contributed by atoms with van der Waals surface area (Å²) >= 11 is 0. The fourth-order valence-electron chi connectivity index (χ4n) is 2.65. The van der Waals surface area contributed by atoms with Gasteiger partial charge < -0.3 is 15.6 Å². The summed E-state index contributed by atoms with van der Waals surface area (Å²) in [6.07, 6.45) is 6.11. The summed E-state index contributed by atoms with van der Waals surface area (Å²) in [4.78, 5) is 8.72. The molecule has 0 spiro atoms. The lowest BCUT2D eigenvalue weighted by molar-refractivity contribution is 0.522. The van der Waals surface area contributed by atoms with Gasteiger partial charge in [0.2, 0.25) is 0 Å². The second-order valence-electron chi connectivity index (χ2n) is 5.57. The number of nitrogens with two attached hydrogens (primary N) is 1. The van der Waals surface area contributed by atoms with E-state index in [4.69, 9.17) is 5.73 Å². The number of nitrogens with one attached hydrogen (secondary N) is 1. The quantitative estimate of drug-likeness (QED) is 0.430. The molecule has 1 aromatic carbocycles. The van der Waals surface area contributed by atoms with E-state index in [1.807, 2.05) is 0 Å². The highest BCUT2D eigenvalue weighted by Crippen LogP contribution is 2.16. The highest BCUT2D eigenvalue weighted by atomic mass is 127. The van der Waals surface area contributed by atoms with E-state index in [0.717, 1.165) is 42.7 Å². The maximum Gasteiger partial charge on any atom is 0.193 e. The Morgan fingerprint density at radius 1 is 1.33 bits per heavy atom. The molecule has 0 saturated heterocycles. The average molecular weight is 447 g/mol. The number of aliphatic imine (C=N–C) groups is 1. The van der Waals surface area contributed by atoms with Crippen molar-refractivity contribution in [2.45, 2.75) is 32.2 Å². The first-order chi connectivity index (χ1) is 11.1. The van der Waals surface area contributed by atoms with Crippen molar-refractivity contribution in [2.75, 3.05) is 11.9 Å². The first-order valence-electron chi connectivity index (χ1n) is 7.69. The predicted molar refractivity (Wildman–Crippen MR) is 101 cm³/mol. The van der Waals surface area contributed by atoms with Crippen LogP contribution in [0.5, 0.6) is 0 Å². The van der Waals surface area contributed by atoms with Crippen molar-refractivity contribution in [3.8, 4) is 0 Å². The van der Waals surface area contributed by atoms with Gasteiger partial charge in [0.1, 0.15) is 17.5 Å². The van der Waals surface area contributed by atoms with Crippen molar-refractivity contribution in [2.24, 2.45) is 10.7 Å². The van der Waals surface area contributed by atoms with Crippen LogP contribution in [0.2, 0.25) is 0 Å². The molecule has 1 aromatic heterocycles. The molecule has 3 rings (SSSR count). The largest absolute Gasteiger partial charge is 0.370 e. The van der Waals surface area contributed by atoms with Gasteiger partial charge in [0, 0.05) is 38.2 Å². The SMILES string of the molecule is I.NC(=NCCc1cn2c(n1)CCCC2)Nc1cc(F)ccc1F. The Balaban J connectivity index is 0.00000208. The Bertz CT molecular complexity index is 706. The third-order valence-electron chi connectivity index (χ3n) is 3.80. The van der Waals surface area contributed by atoms with Gasteiger partial charge in [-0.2, -0.15) is 0 Å². The number of nitrogens with zero attached hydrogens (tertiary/aromatic N) is 3. The number of fused-ring (bicyclic) bond motifs is 1. The Morgan fingerprint density at radius 2 is 2.17 bits per heavy atom. The molecule has 130 valence electrons. The number of aromatic nitrogens is 2. The number of guanidine groups is 1. The highest BCUT2D eigenvalue weighted by Gasteiger charge is 2.11. The molecule has 0 unspecified atom stereocenters. The van der Waals surface area contributed by atoms with Gasteiger partial charge in [-0.3, -0.25) is 4.99 Å². The number of anilines is 1. The van der Waals surface area contributed by atoms with Gasteiger partial charge in [-0.15, -0.1) is 24.0 Å². The second-order valence-corrected chi connectivity index (χ2v) is 5.57. The third-order valence-corrected chi connectivity index (χ3v) is 3.80. The Morgan fingerprint density at radius 3 is 2.96 bits per heavy atom. The summed E-state index contributed by atoms with van der Waals surface area (Å²) in [5, 5.41) is 2.57. The smallest absolute Gasteiger partial charge is 0.193 e. The second kappa shape index (κ2) is 8.41. The fraction of sp³-hybridized carbons (Fsp3) is 0.375. The first kappa shape index (κ1) is 18.6. The molecule has 0 amide bonds. The molecule has 8 heteroatoms. The Kier molecular flexibility index (Phi) is 6.52. The lowest BCUT2D eigenvalue weighted by atomic mass is 10.2. The zero-order valence-electron chi connectivity index (χ0n) is 13.1. The standard InChI is InChI=1S/C16H19F2N5.HI/c17-11-4-5-13(18)14(9-11)22-16(19)20-7-6-12-10-23-8-2-1-3-15(23)21-12;/h4-5,9-10H,1-3,6-8H2,(H3,19,20,22);1H. The van der Waals surface area contributed by atoms with E-state index in [1.165, 1.54) is 12.8 Å². The van der Waals surface area contributed by atoms with Crippen LogP contribution in [0, 0.1) is 11.6 Å². The molecule has 0 atom stereocenters. The molecule has 0 aliphatic carbocycles. The summed E-state index contributed by atoms with van der Waals surface area (Å²) < 4.78 is 28.8. The minimum atomic E-state index is -0.577. The fourth-order valence-corrected chi connectivity index (χ4v) is 2.65. The number of hydrogen-bond acceptors (Lipinski definition) is 2. The molecule has 2 aromatic rings. The summed E-state index contributed by atoms with van der Waals surface area (Å²) in [5.41, 5.74) is 6.67. The van der Waals surface area contributed by atoms with Crippen molar-refractivity contribution in [3.63, 3.8) is 0 Å². The van der Waals surface area contributed by atoms with Crippen LogP contribution in [-0.4, -0.2) is 22.1 Å². The Labute approximate surface area is 156 Å². The van der Waals surface area contributed by atoms with E-state index in [-0.39, 0.29) is 35.6 Å². The van der Waals surface area contributed by atoms with Crippen LogP contribution in [0.15, 0.2) is 29.4 Å². The monoisotopic (exact) mass is 447 g/mol. The molecule has 5 nitrogen and oxygen atoms in total. The molecule has 0 fully saturated rings. The summed E-state index contributed by atoms with van der Waals surface area (Å²) in [6, 6.07) is 3.14. The minimum Gasteiger partial charge on any atom is -0.370 e. The summed E-state index contributed by atoms with van der Waals surface area (Å²) in [6.45, 7) is 1.46. The van der Waals surface area contributed by atoms with Crippen LogP contribution in [-0.2, 0) is 19.4 Å². The van der Waals surface area contributed by atoms with Gasteiger partial charge in [-0.1, -0.05) is 0 Å². The summed E-state index contributed by atoms with van der Waals surface area (Å²) in [5.74, 6) is 0.0678. The van der Waals surface area contributed by atoms with Crippen LogP contribution in [0.25, 0.3) is 0 Å². The van der Waals surface area contributed by atoms with Crippen molar-refractivity contribution in [1.82, 2.24) is 9.55 Å². The number of rotatable bonds is 4. The average Bonchev–Trinajstić information content (AvgIpc) is 2.93. The van der Waals surface area contributed by atoms with Gasteiger partial charge in [-0.25, -0.2) is 13.8 Å². The normalized spacial score (nSPS) is 14.0. The lowest BCUT2D eigenvalue weighted by Gasteiger charge is -2.11. The number of imidazole rings is 1. The molecule has 0 bridgehead atoms. The molecule has 0 saturated carbocycles. The van der Waals surface area contributed by atoms with Crippen molar-refractivity contribution < 1.29 is 8.78 Å². The topological polar surface area (TPSA) is 68.2 Å². The Hall–Kier alpha value is -1.71. The molecule has 1 aliphatic rings.